The summed E-state index contributed by atoms with van der Waals surface area (Å²) in [7, 11) is 1.57. The molecule has 0 spiro atoms. The van der Waals surface area contributed by atoms with E-state index in [1.807, 2.05) is 26.0 Å². The zero-order valence-corrected chi connectivity index (χ0v) is 17.9. The summed E-state index contributed by atoms with van der Waals surface area (Å²) in [6, 6.07) is 12.7. The van der Waals surface area contributed by atoms with Crippen LogP contribution in [-0.2, 0) is 9.59 Å². The molecule has 0 fully saturated rings. The molecule has 32 heavy (non-hydrogen) atoms. The van der Waals surface area contributed by atoms with Crippen LogP contribution >= 0.6 is 0 Å². The van der Waals surface area contributed by atoms with E-state index in [0.29, 0.717) is 17.1 Å². The maximum atomic E-state index is 13.0. The Morgan fingerprint density at radius 3 is 2.56 bits per heavy atom. The van der Waals surface area contributed by atoms with Crippen LogP contribution in [-0.4, -0.2) is 28.9 Å². The number of rotatable bonds is 5. The summed E-state index contributed by atoms with van der Waals surface area (Å²) >= 11 is 0. The molecule has 0 saturated carbocycles. The summed E-state index contributed by atoms with van der Waals surface area (Å²) in [4.78, 5) is 45.1. The van der Waals surface area contributed by atoms with Crippen molar-refractivity contribution in [3.63, 3.8) is 0 Å². The quantitative estimate of drug-likeness (QED) is 0.490. The van der Waals surface area contributed by atoms with Gasteiger partial charge in [-0.1, -0.05) is 17.7 Å². The fraction of sp³-hybridized carbons (Fsp3) is 0.217. The van der Waals surface area contributed by atoms with E-state index in [2.05, 4.69) is 25.9 Å². The fourth-order valence-electron chi connectivity index (χ4n) is 3.64. The number of benzene rings is 2. The second-order valence-electron chi connectivity index (χ2n) is 7.64. The molecule has 1 aliphatic heterocycles. The number of amides is 2. The number of methoxy groups -OCH3 is 1. The minimum absolute atomic E-state index is 0.0711. The molecule has 4 N–H and O–H groups in total. The van der Waals surface area contributed by atoms with E-state index < -0.39 is 17.4 Å². The molecule has 9 heteroatoms. The van der Waals surface area contributed by atoms with Gasteiger partial charge in [0.1, 0.15) is 11.6 Å². The summed E-state index contributed by atoms with van der Waals surface area (Å²) in [6.07, 6.45) is -0.139. The number of hydrogen-bond donors (Lipinski definition) is 4. The maximum absolute atomic E-state index is 13.0. The third-order valence-corrected chi connectivity index (χ3v) is 5.26. The number of carbonyl (C=O) groups excluding carboxylic acids is 2. The van der Waals surface area contributed by atoms with Crippen LogP contribution in [0.3, 0.4) is 0 Å². The summed E-state index contributed by atoms with van der Waals surface area (Å²) in [5.74, 6) is -0.863. The van der Waals surface area contributed by atoms with Crippen LogP contribution < -0.4 is 26.2 Å². The standard InChI is InChI=1S/C23H23N5O4/c1-12-4-9-17(13(2)10-12)25-21(30)16-11-18(29)26-20-19(16)22(31)28-23(27-20)24-14-5-7-15(32-3)8-6-14/h4-10,16H,11H2,1-3H3,(H,25,30)(H3,24,26,27,28,29,31)/t16-/m0/s1. The Bertz CT molecular complexity index is 1250. The molecule has 0 aliphatic carbocycles. The third kappa shape index (κ3) is 4.31. The van der Waals surface area contributed by atoms with Gasteiger partial charge in [0.05, 0.1) is 18.6 Å². The highest BCUT2D eigenvalue weighted by molar-refractivity contribution is 6.04. The molecule has 1 aromatic heterocycles. The molecular formula is C23H23N5O4. The van der Waals surface area contributed by atoms with Crippen molar-refractivity contribution < 1.29 is 14.3 Å². The predicted molar refractivity (Wildman–Crippen MR) is 122 cm³/mol. The molecule has 2 amide bonds. The largest absolute Gasteiger partial charge is 0.497 e. The first-order valence-corrected chi connectivity index (χ1v) is 10.1. The van der Waals surface area contributed by atoms with Gasteiger partial charge in [-0.15, -0.1) is 0 Å². The van der Waals surface area contributed by atoms with Crippen LogP contribution in [0.4, 0.5) is 23.1 Å². The Hall–Kier alpha value is -4.14. The van der Waals surface area contributed by atoms with E-state index in [0.717, 1.165) is 11.1 Å². The zero-order valence-electron chi connectivity index (χ0n) is 17.9. The Morgan fingerprint density at radius 2 is 1.88 bits per heavy atom. The first-order valence-electron chi connectivity index (χ1n) is 10.1. The number of aryl methyl sites for hydroxylation is 2. The van der Waals surface area contributed by atoms with E-state index in [9.17, 15) is 14.4 Å². The molecule has 1 atom stereocenters. The van der Waals surface area contributed by atoms with E-state index in [1.165, 1.54) is 0 Å². The Morgan fingerprint density at radius 1 is 1.12 bits per heavy atom. The van der Waals surface area contributed by atoms with Crippen molar-refractivity contribution in [2.45, 2.75) is 26.2 Å². The highest BCUT2D eigenvalue weighted by Gasteiger charge is 2.35. The number of aromatic amines is 1. The molecule has 164 valence electrons. The van der Waals surface area contributed by atoms with Crippen LogP contribution in [0.1, 0.15) is 29.0 Å². The van der Waals surface area contributed by atoms with Crippen molar-refractivity contribution in [3.05, 3.63) is 69.5 Å². The number of hydrogen-bond acceptors (Lipinski definition) is 6. The number of fused-ring (bicyclic) bond motifs is 1. The van der Waals surface area contributed by atoms with Crippen LogP contribution in [0, 0.1) is 13.8 Å². The van der Waals surface area contributed by atoms with E-state index >= 15 is 0 Å². The Balaban J connectivity index is 1.62. The number of nitrogens with one attached hydrogen (secondary N) is 4. The highest BCUT2D eigenvalue weighted by atomic mass is 16.5. The minimum Gasteiger partial charge on any atom is -0.497 e. The number of nitrogens with zero attached hydrogens (tertiary/aromatic N) is 1. The predicted octanol–water partition coefficient (Wildman–Crippen LogP) is 3.20. The van der Waals surface area contributed by atoms with Gasteiger partial charge in [0, 0.05) is 17.8 Å². The van der Waals surface area contributed by atoms with Crippen molar-refractivity contribution in [2.75, 3.05) is 23.1 Å². The summed E-state index contributed by atoms with van der Waals surface area (Å²) in [5, 5.41) is 8.42. The smallest absolute Gasteiger partial charge is 0.258 e. The number of H-pyrrole nitrogens is 1. The number of carbonyl (C=O) groups is 2. The normalized spacial score (nSPS) is 14.8. The zero-order chi connectivity index (χ0) is 22.8. The van der Waals surface area contributed by atoms with Crippen LogP contribution in [0.2, 0.25) is 0 Å². The van der Waals surface area contributed by atoms with Gasteiger partial charge in [-0.05, 0) is 49.7 Å². The molecule has 0 bridgehead atoms. The molecular weight excluding hydrogens is 410 g/mol. The van der Waals surface area contributed by atoms with Crippen molar-refractivity contribution in [2.24, 2.45) is 0 Å². The van der Waals surface area contributed by atoms with Gasteiger partial charge in [0.2, 0.25) is 17.8 Å². The van der Waals surface area contributed by atoms with Crippen LogP contribution in [0.5, 0.6) is 5.75 Å². The van der Waals surface area contributed by atoms with Gasteiger partial charge >= 0.3 is 0 Å². The van der Waals surface area contributed by atoms with Gasteiger partial charge in [-0.25, -0.2) is 0 Å². The average Bonchev–Trinajstić information content (AvgIpc) is 2.75. The lowest BCUT2D eigenvalue weighted by molar-refractivity contribution is -0.123. The van der Waals surface area contributed by atoms with Crippen molar-refractivity contribution in [1.29, 1.82) is 0 Å². The SMILES string of the molecule is COc1ccc(Nc2nc3c(c(=O)[nH]2)[C@@H](C(=O)Nc2ccc(C)cc2C)CC(=O)N3)cc1. The summed E-state index contributed by atoms with van der Waals surface area (Å²) < 4.78 is 5.13. The first kappa shape index (κ1) is 21.1. The molecule has 0 radical (unpaired) electrons. The van der Waals surface area contributed by atoms with E-state index in [4.69, 9.17) is 4.74 Å². The number of ether oxygens (including phenoxy) is 1. The molecule has 4 rings (SSSR count). The lowest BCUT2D eigenvalue weighted by Crippen LogP contribution is -2.36. The first-order chi connectivity index (χ1) is 15.3. The molecule has 1 aliphatic rings. The third-order valence-electron chi connectivity index (χ3n) is 5.26. The highest BCUT2D eigenvalue weighted by Crippen LogP contribution is 2.30. The van der Waals surface area contributed by atoms with E-state index in [-0.39, 0.29) is 29.7 Å². The number of anilines is 4. The van der Waals surface area contributed by atoms with Gasteiger partial charge < -0.3 is 20.7 Å². The van der Waals surface area contributed by atoms with Gasteiger partial charge in [-0.3, -0.25) is 19.4 Å². The monoisotopic (exact) mass is 433 g/mol. The van der Waals surface area contributed by atoms with Crippen molar-refractivity contribution >= 4 is 35.0 Å². The van der Waals surface area contributed by atoms with E-state index in [1.54, 1.807) is 37.4 Å². The topological polar surface area (TPSA) is 125 Å². The van der Waals surface area contributed by atoms with Gasteiger partial charge in [0.15, 0.2) is 0 Å². The lowest BCUT2D eigenvalue weighted by atomic mass is 9.92. The Labute approximate surface area is 184 Å². The molecule has 2 aromatic carbocycles. The minimum atomic E-state index is -0.953. The van der Waals surface area contributed by atoms with Gasteiger partial charge in [-0.2, -0.15) is 4.98 Å². The lowest BCUT2D eigenvalue weighted by Gasteiger charge is -2.24. The summed E-state index contributed by atoms with van der Waals surface area (Å²) in [5.41, 5.74) is 2.90. The molecule has 3 aromatic rings. The fourth-order valence-corrected chi connectivity index (χ4v) is 3.64. The average molecular weight is 433 g/mol. The van der Waals surface area contributed by atoms with Crippen molar-refractivity contribution in [1.82, 2.24) is 9.97 Å². The number of aromatic nitrogens is 2. The second-order valence-corrected chi connectivity index (χ2v) is 7.64. The maximum Gasteiger partial charge on any atom is 0.258 e. The van der Waals surface area contributed by atoms with Crippen molar-refractivity contribution in [3.8, 4) is 5.75 Å². The second kappa shape index (κ2) is 8.54. The molecule has 0 unspecified atom stereocenters. The molecule has 2 heterocycles. The molecule has 0 saturated heterocycles. The van der Waals surface area contributed by atoms with Crippen LogP contribution in [0.15, 0.2) is 47.3 Å². The Kier molecular flexibility index (Phi) is 5.63. The molecule has 9 nitrogen and oxygen atoms in total. The van der Waals surface area contributed by atoms with Crippen LogP contribution in [0.25, 0.3) is 0 Å². The summed E-state index contributed by atoms with van der Waals surface area (Å²) in [6.45, 7) is 3.85. The van der Waals surface area contributed by atoms with Gasteiger partial charge in [0.25, 0.3) is 5.56 Å².